The molecule has 2 aromatic rings. The summed E-state index contributed by atoms with van der Waals surface area (Å²) in [7, 11) is 0. The predicted octanol–water partition coefficient (Wildman–Crippen LogP) is 1.47. The zero-order valence-electron chi connectivity index (χ0n) is 9.89. The molecule has 2 rings (SSSR count). The van der Waals surface area contributed by atoms with Crippen LogP contribution in [0.3, 0.4) is 0 Å². The lowest BCUT2D eigenvalue weighted by Gasteiger charge is -2.05. The number of rotatable bonds is 4. The lowest BCUT2D eigenvalue weighted by Crippen LogP contribution is -2.22. The third-order valence-corrected chi connectivity index (χ3v) is 2.59. The molecule has 90 valence electrons. The number of hydrogen-bond acceptors (Lipinski definition) is 2. The Kier molecular flexibility index (Phi) is 3.44. The summed E-state index contributed by atoms with van der Waals surface area (Å²) in [5, 5.41) is 2.70. The molecule has 0 unspecified atom stereocenters. The standard InChI is InChI=1S/C14H13N3O/c1-3-9-17-12-8-6-5-7-11(12)16-13(17)10-15-14(18)4-2/h1,4-8H,2,9-10H2,(H,15,18). The highest BCUT2D eigenvalue weighted by Crippen LogP contribution is 2.15. The van der Waals surface area contributed by atoms with E-state index in [0.29, 0.717) is 13.1 Å². The number of aromatic nitrogens is 2. The van der Waals surface area contributed by atoms with Gasteiger partial charge in [-0.1, -0.05) is 24.6 Å². The molecular weight excluding hydrogens is 226 g/mol. The number of amides is 1. The number of fused-ring (bicyclic) bond motifs is 1. The van der Waals surface area contributed by atoms with Crippen LogP contribution in [0.15, 0.2) is 36.9 Å². The molecule has 0 aliphatic rings. The number of carbonyl (C=O) groups is 1. The van der Waals surface area contributed by atoms with Gasteiger partial charge >= 0.3 is 0 Å². The minimum atomic E-state index is -0.227. The molecule has 0 saturated heterocycles. The number of hydrogen-bond donors (Lipinski definition) is 1. The third kappa shape index (κ3) is 2.25. The number of benzene rings is 1. The first-order valence-electron chi connectivity index (χ1n) is 5.54. The van der Waals surface area contributed by atoms with Gasteiger partial charge in [0.25, 0.3) is 0 Å². The molecule has 4 heteroatoms. The highest BCUT2D eigenvalue weighted by Gasteiger charge is 2.09. The summed E-state index contributed by atoms with van der Waals surface area (Å²) in [5.41, 5.74) is 1.84. The van der Waals surface area contributed by atoms with Gasteiger partial charge < -0.3 is 9.88 Å². The summed E-state index contributed by atoms with van der Waals surface area (Å²) >= 11 is 0. The summed E-state index contributed by atoms with van der Waals surface area (Å²) in [5.74, 6) is 3.11. The molecule has 0 spiro atoms. The second-order valence-electron chi connectivity index (χ2n) is 3.73. The zero-order valence-corrected chi connectivity index (χ0v) is 9.89. The highest BCUT2D eigenvalue weighted by molar-refractivity contribution is 5.86. The van der Waals surface area contributed by atoms with Crippen LogP contribution in [0.2, 0.25) is 0 Å². The summed E-state index contributed by atoms with van der Waals surface area (Å²) in [6, 6.07) is 7.73. The van der Waals surface area contributed by atoms with Crippen molar-refractivity contribution in [1.29, 1.82) is 0 Å². The van der Waals surface area contributed by atoms with Crippen molar-refractivity contribution in [2.24, 2.45) is 0 Å². The Hall–Kier alpha value is -2.54. The van der Waals surface area contributed by atoms with Crippen molar-refractivity contribution in [3.63, 3.8) is 0 Å². The molecule has 4 nitrogen and oxygen atoms in total. The van der Waals surface area contributed by atoms with Gasteiger partial charge in [0.15, 0.2) is 0 Å². The van der Waals surface area contributed by atoms with Crippen molar-refractivity contribution in [2.75, 3.05) is 0 Å². The number of terminal acetylenes is 1. The molecule has 0 aliphatic carbocycles. The van der Waals surface area contributed by atoms with Crippen LogP contribution in [0.25, 0.3) is 11.0 Å². The molecular formula is C14H13N3O. The summed E-state index contributed by atoms with van der Waals surface area (Å²) in [6.07, 6.45) is 6.59. The van der Waals surface area contributed by atoms with E-state index >= 15 is 0 Å². The van der Waals surface area contributed by atoms with Gasteiger partial charge in [-0.2, -0.15) is 0 Å². The Balaban J connectivity index is 2.36. The molecule has 0 atom stereocenters. The van der Waals surface area contributed by atoms with Crippen LogP contribution >= 0.6 is 0 Å². The molecule has 18 heavy (non-hydrogen) atoms. The maximum atomic E-state index is 11.2. The van der Waals surface area contributed by atoms with E-state index in [0.717, 1.165) is 16.9 Å². The Morgan fingerprint density at radius 2 is 2.33 bits per heavy atom. The molecule has 1 aromatic heterocycles. The van der Waals surface area contributed by atoms with Gasteiger partial charge in [0, 0.05) is 0 Å². The van der Waals surface area contributed by atoms with Gasteiger partial charge in [-0.3, -0.25) is 4.79 Å². The average molecular weight is 239 g/mol. The third-order valence-electron chi connectivity index (χ3n) is 2.59. The first kappa shape index (κ1) is 11.9. The summed E-state index contributed by atoms with van der Waals surface area (Å²) < 4.78 is 1.92. The maximum absolute atomic E-state index is 11.2. The SMILES string of the molecule is C#CCn1c(CNC(=O)C=C)nc2ccccc21. The summed E-state index contributed by atoms with van der Waals surface area (Å²) in [6.45, 7) is 4.17. The van der Waals surface area contributed by atoms with Gasteiger partial charge in [0.1, 0.15) is 5.82 Å². The molecule has 0 radical (unpaired) electrons. The number of nitrogens with zero attached hydrogens (tertiary/aromatic N) is 2. The van der Waals surface area contributed by atoms with E-state index in [1.807, 2.05) is 28.8 Å². The molecule has 1 amide bonds. The second-order valence-corrected chi connectivity index (χ2v) is 3.73. The Morgan fingerprint density at radius 1 is 1.56 bits per heavy atom. The smallest absolute Gasteiger partial charge is 0.243 e. The number of nitrogens with one attached hydrogen (secondary N) is 1. The topological polar surface area (TPSA) is 46.9 Å². The minimum Gasteiger partial charge on any atom is -0.345 e. The highest BCUT2D eigenvalue weighted by atomic mass is 16.1. The molecule has 0 aliphatic heterocycles. The van der Waals surface area contributed by atoms with Crippen LogP contribution in [-0.2, 0) is 17.9 Å². The van der Waals surface area contributed by atoms with Crippen LogP contribution in [0.4, 0.5) is 0 Å². The lowest BCUT2D eigenvalue weighted by molar-refractivity contribution is -0.116. The number of para-hydroxylation sites is 2. The van der Waals surface area contributed by atoms with Gasteiger partial charge in [-0.25, -0.2) is 4.98 Å². The van der Waals surface area contributed by atoms with Gasteiger partial charge in [0.2, 0.25) is 5.91 Å². The molecule has 1 aromatic carbocycles. The molecule has 1 heterocycles. The van der Waals surface area contributed by atoms with Crippen LogP contribution in [-0.4, -0.2) is 15.5 Å². The van der Waals surface area contributed by atoms with Crippen LogP contribution in [0, 0.1) is 12.3 Å². The van der Waals surface area contributed by atoms with Crippen LogP contribution < -0.4 is 5.32 Å². The average Bonchev–Trinajstić information content (AvgIpc) is 2.75. The fourth-order valence-corrected chi connectivity index (χ4v) is 1.77. The Morgan fingerprint density at radius 3 is 3.06 bits per heavy atom. The molecule has 0 fully saturated rings. The van der Waals surface area contributed by atoms with E-state index in [4.69, 9.17) is 6.42 Å². The molecule has 1 N–H and O–H groups in total. The van der Waals surface area contributed by atoms with Gasteiger partial charge in [-0.05, 0) is 18.2 Å². The van der Waals surface area contributed by atoms with Crippen molar-refractivity contribution in [2.45, 2.75) is 13.1 Å². The summed E-state index contributed by atoms with van der Waals surface area (Å²) in [4.78, 5) is 15.6. The van der Waals surface area contributed by atoms with Crippen molar-refractivity contribution in [1.82, 2.24) is 14.9 Å². The number of carbonyl (C=O) groups excluding carboxylic acids is 1. The molecule has 0 bridgehead atoms. The van der Waals surface area contributed by atoms with Crippen molar-refractivity contribution >= 4 is 16.9 Å². The van der Waals surface area contributed by atoms with Crippen LogP contribution in [0.5, 0.6) is 0 Å². The minimum absolute atomic E-state index is 0.227. The van der Waals surface area contributed by atoms with E-state index in [-0.39, 0.29) is 5.91 Å². The Labute approximate surface area is 105 Å². The lowest BCUT2D eigenvalue weighted by atomic mass is 10.3. The zero-order chi connectivity index (χ0) is 13.0. The molecule has 0 saturated carbocycles. The fraction of sp³-hybridized carbons (Fsp3) is 0.143. The maximum Gasteiger partial charge on any atom is 0.243 e. The van der Waals surface area contributed by atoms with Gasteiger partial charge in [0.05, 0.1) is 24.1 Å². The van der Waals surface area contributed by atoms with Crippen molar-refractivity contribution < 1.29 is 4.79 Å². The van der Waals surface area contributed by atoms with Crippen LogP contribution in [0.1, 0.15) is 5.82 Å². The monoisotopic (exact) mass is 239 g/mol. The second kappa shape index (κ2) is 5.19. The van der Waals surface area contributed by atoms with Crippen molar-refractivity contribution in [3.05, 3.63) is 42.7 Å². The van der Waals surface area contributed by atoms with E-state index in [9.17, 15) is 4.79 Å². The normalized spacial score (nSPS) is 9.94. The van der Waals surface area contributed by atoms with E-state index < -0.39 is 0 Å². The fourth-order valence-electron chi connectivity index (χ4n) is 1.77. The van der Waals surface area contributed by atoms with E-state index in [1.165, 1.54) is 6.08 Å². The Bertz CT molecular complexity index is 634. The predicted molar refractivity (Wildman–Crippen MR) is 70.6 cm³/mol. The quantitative estimate of drug-likeness (QED) is 0.648. The number of imidazole rings is 1. The van der Waals surface area contributed by atoms with E-state index in [1.54, 1.807) is 0 Å². The van der Waals surface area contributed by atoms with E-state index in [2.05, 4.69) is 22.8 Å². The first-order chi connectivity index (χ1) is 8.76. The first-order valence-corrected chi connectivity index (χ1v) is 5.54. The largest absolute Gasteiger partial charge is 0.345 e. The van der Waals surface area contributed by atoms with Crippen molar-refractivity contribution in [3.8, 4) is 12.3 Å². The van der Waals surface area contributed by atoms with Gasteiger partial charge in [-0.15, -0.1) is 6.42 Å².